The van der Waals surface area contributed by atoms with Crippen molar-refractivity contribution in [2.24, 2.45) is 7.05 Å². The van der Waals surface area contributed by atoms with E-state index in [1.807, 2.05) is 17.9 Å². The van der Waals surface area contributed by atoms with Gasteiger partial charge in [0.25, 0.3) is 11.5 Å². The van der Waals surface area contributed by atoms with Crippen molar-refractivity contribution in [2.45, 2.75) is 51.6 Å². The highest BCUT2D eigenvalue weighted by molar-refractivity contribution is 5.94. The van der Waals surface area contributed by atoms with Crippen molar-refractivity contribution in [3.8, 4) is 0 Å². The van der Waals surface area contributed by atoms with Gasteiger partial charge < -0.3 is 9.47 Å². The summed E-state index contributed by atoms with van der Waals surface area (Å²) in [6.07, 6.45) is 4.47. The minimum atomic E-state index is -0.181. The molecular formula is C18H27N3O2. The second-order valence-corrected chi connectivity index (χ2v) is 6.80. The molecule has 3 heterocycles. The molecule has 1 amide bonds. The number of amides is 1. The molecule has 5 heteroatoms. The van der Waals surface area contributed by atoms with Crippen molar-refractivity contribution in [3.63, 3.8) is 0 Å². The number of rotatable bonds is 3. The predicted octanol–water partition coefficient (Wildman–Crippen LogP) is 1.78. The van der Waals surface area contributed by atoms with Crippen molar-refractivity contribution in [1.29, 1.82) is 0 Å². The minimum absolute atomic E-state index is 0.0870. The number of carbonyl (C=O) groups is 1. The SMILES string of the molecule is CCN1CCC[C@@H]1[C@@H]1CCCN1C(=O)c1ccc(C)n(C)c1=O. The zero-order chi connectivity index (χ0) is 16.6. The fraction of sp³-hybridized carbons (Fsp3) is 0.667. The van der Waals surface area contributed by atoms with E-state index < -0.39 is 0 Å². The highest BCUT2D eigenvalue weighted by Crippen LogP contribution is 2.30. The predicted molar refractivity (Wildman–Crippen MR) is 90.7 cm³/mol. The molecule has 1 aromatic heterocycles. The van der Waals surface area contributed by atoms with Crippen LogP contribution in [-0.2, 0) is 7.05 Å². The van der Waals surface area contributed by atoms with Gasteiger partial charge in [0.1, 0.15) is 5.56 Å². The highest BCUT2D eigenvalue weighted by atomic mass is 16.2. The van der Waals surface area contributed by atoms with Crippen LogP contribution >= 0.6 is 0 Å². The van der Waals surface area contributed by atoms with Gasteiger partial charge >= 0.3 is 0 Å². The zero-order valence-corrected chi connectivity index (χ0v) is 14.4. The Kier molecular flexibility index (Phi) is 4.57. The molecule has 0 aromatic carbocycles. The van der Waals surface area contributed by atoms with Gasteiger partial charge in [0.2, 0.25) is 0 Å². The lowest BCUT2D eigenvalue weighted by atomic mass is 10.0. The summed E-state index contributed by atoms with van der Waals surface area (Å²) in [7, 11) is 1.73. The van der Waals surface area contributed by atoms with Gasteiger partial charge in [0.15, 0.2) is 0 Å². The van der Waals surface area contributed by atoms with Gasteiger partial charge in [-0.15, -0.1) is 0 Å². The molecule has 2 aliphatic heterocycles. The van der Waals surface area contributed by atoms with Crippen LogP contribution in [0.4, 0.5) is 0 Å². The second kappa shape index (κ2) is 6.48. The summed E-state index contributed by atoms with van der Waals surface area (Å²) >= 11 is 0. The van der Waals surface area contributed by atoms with Gasteiger partial charge in [-0.3, -0.25) is 14.5 Å². The number of nitrogens with zero attached hydrogens (tertiary/aromatic N) is 3. The molecule has 0 saturated carbocycles. The molecule has 3 rings (SSSR count). The summed E-state index contributed by atoms with van der Waals surface area (Å²) < 4.78 is 1.56. The standard InChI is InChI=1S/C18H27N3O2/c1-4-20-11-5-7-15(20)16-8-6-12-21(16)18(23)14-10-9-13(2)19(3)17(14)22/h9-10,15-16H,4-8,11-12H2,1-3H3/t15-,16+/m1/s1. The van der Waals surface area contributed by atoms with Crippen molar-refractivity contribution >= 4 is 5.91 Å². The smallest absolute Gasteiger partial charge is 0.263 e. The number of hydrogen-bond acceptors (Lipinski definition) is 3. The normalized spacial score (nSPS) is 25.3. The highest BCUT2D eigenvalue weighted by Gasteiger charge is 2.39. The van der Waals surface area contributed by atoms with Crippen LogP contribution in [0, 0.1) is 6.92 Å². The topological polar surface area (TPSA) is 45.5 Å². The zero-order valence-electron chi connectivity index (χ0n) is 14.4. The average Bonchev–Trinajstić information content (AvgIpc) is 3.19. The molecule has 0 spiro atoms. The monoisotopic (exact) mass is 317 g/mol. The number of pyridine rings is 1. The quantitative estimate of drug-likeness (QED) is 0.854. The summed E-state index contributed by atoms with van der Waals surface area (Å²) in [6.45, 7) is 7.01. The molecular weight excluding hydrogens is 290 g/mol. The van der Waals surface area contributed by atoms with Crippen LogP contribution in [-0.4, -0.2) is 52.0 Å². The number of aromatic nitrogens is 1. The third-order valence-electron chi connectivity index (χ3n) is 5.61. The van der Waals surface area contributed by atoms with Crippen LogP contribution in [0.1, 0.15) is 48.7 Å². The van der Waals surface area contributed by atoms with Crippen molar-refractivity contribution in [3.05, 3.63) is 33.7 Å². The average molecular weight is 317 g/mol. The van der Waals surface area contributed by atoms with Gasteiger partial charge in [0, 0.05) is 31.4 Å². The molecule has 0 unspecified atom stereocenters. The van der Waals surface area contributed by atoms with Crippen LogP contribution < -0.4 is 5.56 Å². The Hall–Kier alpha value is -1.62. The number of likely N-dealkylation sites (tertiary alicyclic amines) is 2. The maximum absolute atomic E-state index is 13.0. The molecule has 5 nitrogen and oxygen atoms in total. The molecule has 126 valence electrons. The number of aryl methyl sites for hydroxylation is 1. The van der Waals surface area contributed by atoms with Gasteiger partial charge in [-0.25, -0.2) is 0 Å². The lowest BCUT2D eigenvalue weighted by Crippen LogP contribution is -2.49. The van der Waals surface area contributed by atoms with E-state index in [0.29, 0.717) is 11.6 Å². The van der Waals surface area contributed by atoms with Gasteiger partial charge in [-0.1, -0.05) is 6.92 Å². The van der Waals surface area contributed by atoms with Crippen molar-refractivity contribution in [2.75, 3.05) is 19.6 Å². The third-order valence-corrected chi connectivity index (χ3v) is 5.61. The van der Waals surface area contributed by atoms with Crippen molar-refractivity contribution in [1.82, 2.24) is 14.4 Å². The van der Waals surface area contributed by atoms with E-state index in [4.69, 9.17) is 0 Å². The molecule has 2 aliphatic rings. The second-order valence-electron chi connectivity index (χ2n) is 6.80. The Morgan fingerprint density at radius 1 is 1.17 bits per heavy atom. The van der Waals surface area contributed by atoms with Crippen LogP contribution in [0.5, 0.6) is 0 Å². The van der Waals surface area contributed by atoms with Crippen LogP contribution in [0.25, 0.3) is 0 Å². The maximum atomic E-state index is 13.0. The Balaban J connectivity index is 1.87. The molecule has 2 atom stereocenters. The number of carbonyl (C=O) groups excluding carboxylic acids is 1. The molecule has 23 heavy (non-hydrogen) atoms. The molecule has 0 radical (unpaired) electrons. The first-order valence-corrected chi connectivity index (χ1v) is 8.76. The lowest BCUT2D eigenvalue weighted by Gasteiger charge is -2.34. The Labute approximate surface area is 137 Å². The van der Waals surface area contributed by atoms with E-state index >= 15 is 0 Å². The first kappa shape index (κ1) is 16.2. The van der Waals surface area contributed by atoms with E-state index in [-0.39, 0.29) is 17.5 Å². The summed E-state index contributed by atoms with van der Waals surface area (Å²) in [5.74, 6) is -0.0870. The Morgan fingerprint density at radius 2 is 1.87 bits per heavy atom. The fourth-order valence-corrected chi connectivity index (χ4v) is 4.17. The molecule has 0 N–H and O–H groups in total. The van der Waals surface area contributed by atoms with E-state index in [2.05, 4.69) is 11.8 Å². The first-order chi connectivity index (χ1) is 11.0. The van der Waals surface area contributed by atoms with E-state index in [0.717, 1.165) is 44.6 Å². The lowest BCUT2D eigenvalue weighted by molar-refractivity contribution is 0.0647. The fourth-order valence-electron chi connectivity index (χ4n) is 4.17. The maximum Gasteiger partial charge on any atom is 0.263 e. The summed E-state index contributed by atoms with van der Waals surface area (Å²) in [6, 6.07) is 4.27. The van der Waals surface area contributed by atoms with E-state index in [1.165, 1.54) is 6.42 Å². The van der Waals surface area contributed by atoms with E-state index in [1.54, 1.807) is 17.7 Å². The molecule has 1 aromatic rings. The van der Waals surface area contributed by atoms with Gasteiger partial charge in [-0.05, 0) is 57.8 Å². The third kappa shape index (κ3) is 2.82. The molecule has 0 bridgehead atoms. The van der Waals surface area contributed by atoms with Crippen LogP contribution in [0.2, 0.25) is 0 Å². The first-order valence-electron chi connectivity index (χ1n) is 8.76. The molecule has 2 saturated heterocycles. The summed E-state index contributed by atoms with van der Waals surface area (Å²) in [5.41, 5.74) is 1.00. The molecule has 0 aliphatic carbocycles. The Bertz CT molecular complexity index is 652. The van der Waals surface area contributed by atoms with Crippen LogP contribution in [0.3, 0.4) is 0 Å². The largest absolute Gasteiger partial charge is 0.334 e. The van der Waals surface area contributed by atoms with Gasteiger partial charge in [-0.2, -0.15) is 0 Å². The Morgan fingerprint density at radius 3 is 2.61 bits per heavy atom. The van der Waals surface area contributed by atoms with Gasteiger partial charge in [0.05, 0.1) is 0 Å². The van der Waals surface area contributed by atoms with Crippen LogP contribution in [0.15, 0.2) is 16.9 Å². The summed E-state index contributed by atoms with van der Waals surface area (Å²) in [5, 5.41) is 0. The number of hydrogen-bond donors (Lipinski definition) is 0. The minimum Gasteiger partial charge on any atom is -0.334 e. The molecule has 2 fully saturated rings. The van der Waals surface area contributed by atoms with Crippen molar-refractivity contribution < 1.29 is 4.79 Å². The van der Waals surface area contributed by atoms with E-state index in [9.17, 15) is 9.59 Å². The number of likely N-dealkylation sites (N-methyl/N-ethyl adjacent to an activating group) is 1. The summed E-state index contributed by atoms with van der Waals surface area (Å²) in [4.78, 5) is 29.9.